The molecule has 1 amide bonds. The van der Waals surface area contributed by atoms with Gasteiger partial charge in [-0.25, -0.2) is 4.99 Å². The number of nitrogens with one attached hydrogen (secondary N) is 1. The van der Waals surface area contributed by atoms with Crippen LogP contribution in [0.5, 0.6) is 11.6 Å². The van der Waals surface area contributed by atoms with Crippen LogP contribution in [0.25, 0.3) is 10.9 Å². The van der Waals surface area contributed by atoms with Crippen molar-refractivity contribution in [2.24, 2.45) is 4.99 Å². The average Bonchev–Trinajstić information content (AvgIpc) is 3.59. The lowest BCUT2D eigenvalue weighted by atomic mass is 9.98. The number of anilines is 1. The highest BCUT2D eigenvalue weighted by atomic mass is 16.5. The van der Waals surface area contributed by atoms with Crippen LogP contribution in [-0.4, -0.2) is 84.9 Å². The van der Waals surface area contributed by atoms with Crippen molar-refractivity contribution in [1.29, 1.82) is 5.26 Å². The van der Waals surface area contributed by atoms with Gasteiger partial charge in [-0.1, -0.05) is 6.07 Å². The maximum absolute atomic E-state index is 13.0. The maximum atomic E-state index is 13.0. The topological polar surface area (TPSA) is 108 Å². The summed E-state index contributed by atoms with van der Waals surface area (Å²) in [5.74, 6) is 0.896. The second-order valence-corrected chi connectivity index (χ2v) is 10.7. The van der Waals surface area contributed by atoms with Gasteiger partial charge < -0.3 is 24.6 Å². The number of amides is 1. The van der Waals surface area contributed by atoms with Gasteiger partial charge in [0.1, 0.15) is 5.75 Å². The van der Waals surface area contributed by atoms with E-state index in [0.717, 1.165) is 60.5 Å². The Morgan fingerprint density at radius 2 is 1.88 bits per heavy atom. The quantitative estimate of drug-likeness (QED) is 0.352. The van der Waals surface area contributed by atoms with Crippen molar-refractivity contribution in [2.75, 3.05) is 58.3 Å². The average molecular weight is 549 g/mol. The van der Waals surface area contributed by atoms with E-state index in [1.54, 1.807) is 24.1 Å². The number of rotatable bonds is 6. The van der Waals surface area contributed by atoms with Crippen LogP contribution in [0.3, 0.4) is 0 Å². The van der Waals surface area contributed by atoms with E-state index < -0.39 is 0 Å². The van der Waals surface area contributed by atoms with Gasteiger partial charge in [0.2, 0.25) is 5.91 Å². The predicted octanol–water partition coefficient (Wildman–Crippen LogP) is 4.06. The summed E-state index contributed by atoms with van der Waals surface area (Å²) < 4.78 is 5.71. The molecule has 2 aliphatic rings. The molecule has 0 spiro atoms. The molecule has 208 valence electrons. The summed E-state index contributed by atoms with van der Waals surface area (Å²) in [5, 5.41) is 21.1. The van der Waals surface area contributed by atoms with Crippen molar-refractivity contribution in [2.45, 2.75) is 6.42 Å². The van der Waals surface area contributed by atoms with Gasteiger partial charge in [-0.05, 0) is 67.2 Å². The first-order valence-electron chi connectivity index (χ1n) is 13.8. The molecule has 2 aliphatic heterocycles. The number of aromatic hydroxyl groups is 1. The molecule has 2 N–H and O–H groups in total. The molecule has 41 heavy (non-hydrogen) atoms. The molecule has 6 rings (SSSR count). The Hall–Kier alpha value is -4.65. The Kier molecular flexibility index (Phi) is 7.18. The molecule has 0 atom stereocenters. The van der Waals surface area contributed by atoms with Gasteiger partial charge in [-0.15, -0.1) is 0 Å². The number of H-pyrrole nitrogens is 1. The van der Waals surface area contributed by atoms with Crippen LogP contribution in [0.2, 0.25) is 0 Å². The minimum atomic E-state index is -0.0172. The Bertz CT molecular complexity index is 1680. The van der Waals surface area contributed by atoms with Crippen molar-refractivity contribution < 1.29 is 14.6 Å². The van der Waals surface area contributed by atoms with Gasteiger partial charge in [-0.2, -0.15) is 5.26 Å². The number of aromatic nitrogens is 1. The zero-order chi connectivity index (χ0) is 28.5. The highest BCUT2D eigenvalue weighted by Gasteiger charge is 2.22. The van der Waals surface area contributed by atoms with Gasteiger partial charge in [0.15, 0.2) is 5.88 Å². The van der Waals surface area contributed by atoms with Crippen molar-refractivity contribution in [3.63, 3.8) is 0 Å². The second kappa shape index (κ2) is 11.1. The maximum Gasteiger partial charge on any atom is 0.240 e. The zero-order valence-corrected chi connectivity index (χ0v) is 23.2. The number of fused-ring (bicyclic) bond motifs is 2. The van der Waals surface area contributed by atoms with Crippen LogP contribution in [0, 0.1) is 11.3 Å². The largest absolute Gasteiger partial charge is 0.494 e. The van der Waals surface area contributed by atoms with Gasteiger partial charge >= 0.3 is 0 Å². The molecule has 9 heteroatoms. The lowest BCUT2D eigenvalue weighted by Crippen LogP contribution is -2.48. The van der Waals surface area contributed by atoms with Crippen LogP contribution < -0.4 is 9.64 Å². The van der Waals surface area contributed by atoms with Gasteiger partial charge in [0.25, 0.3) is 0 Å². The molecule has 4 aromatic rings. The van der Waals surface area contributed by atoms with Gasteiger partial charge in [0.05, 0.1) is 47.3 Å². The molecule has 0 aliphatic carbocycles. The Balaban J connectivity index is 1.33. The SMILES string of the molecule is CN1CCN(CC(=O)N(C)c2ccc(N=C(c3ccc4c(c3)CCO4)c3c(O)[nH]c4cc(C#N)ccc34)cc2)CC1. The second-order valence-electron chi connectivity index (χ2n) is 10.7. The lowest BCUT2D eigenvalue weighted by molar-refractivity contribution is -0.119. The molecule has 3 aromatic carbocycles. The Labute approximate surface area is 238 Å². The molecular formula is C32H32N6O3. The normalized spacial score (nSPS) is 15.9. The van der Waals surface area contributed by atoms with Crippen molar-refractivity contribution in [3.05, 3.63) is 82.9 Å². The van der Waals surface area contributed by atoms with E-state index in [9.17, 15) is 15.2 Å². The van der Waals surface area contributed by atoms with Gasteiger partial charge in [0, 0.05) is 56.3 Å². The van der Waals surface area contributed by atoms with Crippen LogP contribution in [0.1, 0.15) is 22.3 Å². The summed E-state index contributed by atoms with van der Waals surface area (Å²) in [4.78, 5) is 27.2. The number of aliphatic imine (C=N–C) groups is 1. The van der Waals surface area contributed by atoms with Crippen molar-refractivity contribution in [1.82, 2.24) is 14.8 Å². The summed E-state index contributed by atoms with van der Waals surface area (Å²) in [6.07, 6.45) is 0.811. The fourth-order valence-electron chi connectivity index (χ4n) is 5.42. The molecule has 3 heterocycles. The van der Waals surface area contributed by atoms with Crippen molar-refractivity contribution >= 4 is 33.9 Å². The number of carbonyl (C=O) groups is 1. The Morgan fingerprint density at radius 3 is 2.63 bits per heavy atom. The van der Waals surface area contributed by atoms with E-state index >= 15 is 0 Å². The Morgan fingerprint density at radius 1 is 1.10 bits per heavy atom. The van der Waals surface area contributed by atoms with E-state index in [-0.39, 0.29) is 11.8 Å². The number of ether oxygens (including phenoxy) is 1. The predicted molar refractivity (Wildman–Crippen MR) is 159 cm³/mol. The first-order chi connectivity index (χ1) is 19.9. The third-order valence-electron chi connectivity index (χ3n) is 7.91. The van der Waals surface area contributed by atoms with Crippen LogP contribution in [0.4, 0.5) is 11.4 Å². The summed E-state index contributed by atoms with van der Waals surface area (Å²) in [6.45, 7) is 4.75. The number of hydrogen-bond donors (Lipinski definition) is 2. The minimum Gasteiger partial charge on any atom is -0.494 e. The van der Waals surface area contributed by atoms with E-state index in [0.29, 0.717) is 41.2 Å². The molecule has 1 saturated heterocycles. The molecule has 9 nitrogen and oxygen atoms in total. The lowest BCUT2D eigenvalue weighted by Gasteiger charge is -2.32. The van der Waals surface area contributed by atoms with Crippen molar-refractivity contribution in [3.8, 4) is 17.7 Å². The minimum absolute atomic E-state index is 0.0172. The number of piperazine rings is 1. The monoisotopic (exact) mass is 548 g/mol. The number of nitrogens with zero attached hydrogens (tertiary/aromatic N) is 5. The highest BCUT2D eigenvalue weighted by Crippen LogP contribution is 2.34. The number of benzene rings is 3. The third-order valence-corrected chi connectivity index (χ3v) is 7.91. The number of hydrogen-bond acceptors (Lipinski definition) is 7. The fourth-order valence-corrected chi connectivity index (χ4v) is 5.42. The number of carbonyl (C=O) groups excluding carboxylic acids is 1. The molecule has 1 aromatic heterocycles. The smallest absolute Gasteiger partial charge is 0.240 e. The van der Waals surface area contributed by atoms with Crippen LogP contribution >= 0.6 is 0 Å². The first-order valence-corrected chi connectivity index (χ1v) is 13.8. The summed E-state index contributed by atoms with van der Waals surface area (Å²) >= 11 is 0. The molecule has 0 unspecified atom stereocenters. The highest BCUT2D eigenvalue weighted by molar-refractivity contribution is 6.22. The van der Waals surface area contributed by atoms with E-state index in [1.165, 1.54) is 0 Å². The third kappa shape index (κ3) is 5.40. The van der Waals surface area contributed by atoms with Crippen LogP contribution in [0.15, 0.2) is 65.7 Å². The molecule has 0 saturated carbocycles. The molecule has 0 radical (unpaired) electrons. The summed E-state index contributed by atoms with van der Waals surface area (Å²) in [5.41, 5.74) is 5.73. The molecule has 1 fully saturated rings. The molecular weight excluding hydrogens is 516 g/mol. The zero-order valence-electron chi connectivity index (χ0n) is 23.2. The van der Waals surface area contributed by atoms with E-state index in [1.807, 2.05) is 42.5 Å². The summed E-state index contributed by atoms with van der Waals surface area (Å²) in [6, 6.07) is 20.9. The molecule has 0 bridgehead atoms. The number of nitriles is 1. The summed E-state index contributed by atoms with van der Waals surface area (Å²) in [7, 11) is 3.90. The van der Waals surface area contributed by atoms with Gasteiger partial charge in [-0.3, -0.25) is 9.69 Å². The van der Waals surface area contributed by atoms with E-state index in [2.05, 4.69) is 34.0 Å². The fraction of sp³-hybridized carbons (Fsp3) is 0.281. The van der Waals surface area contributed by atoms with E-state index in [4.69, 9.17) is 9.73 Å². The number of likely N-dealkylation sites (N-methyl/N-ethyl adjacent to an activating group) is 2. The first kappa shape index (κ1) is 26.6. The number of aromatic amines is 1. The van der Waals surface area contributed by atoms with Crippen LogP contribution in [-0.2, 0) is 11.2 Å². The standard InChI is InChI=1S/C32H32N6O3/c1-36-12-14-38(15-13-36)20-29(39)37(2)25-7-5-24(6-8-25)34-31(23-4-10-28-22(18-23)11-16-41-28)30-26-9-3-21(19-33)17-27(26)35-32(30)40/h3-10,17-18,35,40H,11-16,20H2,1-2H3.